The van der Waals surface area contributed by atoms with Gasteiger partial charge in [0.2, 0.25) is 11.6 Å². The van der Waals surface area contributed by atoms with E-state index >= 15 is 0 Å². The molecule has 0 fully saturated rings. The number of hydrogen-bond acceptors (Lipinski definition) is 5. The van der Waals surface area contributed by atoms with Crippen LogP contribution in [0.1, 0.15) is 11.1 Å². The molecule has 5 nitrogen and oxygen atoms in total. The number of hydrogen-bond donors (Lipinski definition) is 0. The molecule has 3 rings (SSSR count). The summed E-state index contributed by atoms with van der Waals surface area (Å²) in [6.45, 7) is 0. The van der Waals surface area contributed by atoms with E-state index in [0.717, 1.165) is 11.1 Å². The van der Waals surface area contributed by atoms with Gasteiger partial charge in [0.1, 0.15) is 0 Å². The number of benzene rings is 2. The summed E-state index contributed by atoms with van der Waals surface area (Å²) >= 11 is 11.7. The van der Waals surface area contributed by atoms with E-state index in [0.29, 0.717) is 21.7 Å². The molecule has 0 N–H and O–H groups in total. The maximum atomic E-state index is 5.84. The van der Waals surface area contributed by atoms with Crippen LogP contribution in [0.5, 0.6) is 0 Å². The molecule has 0 amide bonds. The van der Waals surface area contributed by atoms with Crippen LogP contribution in [0.15, 0.2) is 63.1 Å². The minimum Gasteiger partial charge on any atom is -0.240 e. The van der Waals surface area contributed by atoms with Crippen molar-refractivity contribution in [2.45, 2.75) is 0 Å². The van der Waals surface area contributed by atoms with Crippen LogP contribution in [0.4, 0.5) is 11.6 Å². The maximum absolute atomic E-state index is 5.84. The van der Waals surface area contributed by atoms with Crippen LogP contribution in [0, 0.1) is 0 Å². The quantitative estimate of drug-likeness (QED) is 0.633. The lowest BCUT2D eigenvalue weighted by atomic mass is 10.2. The number of nitrogens with zero attached hydrogens (tertiary/aromatic N) is 4. The summed E-state index contributed by atoms with van der Waals surface area (Å²) in [5.41, 5.74) is 1.76. The predicted octanol–water partition coefficient (Wildman–Crippen LogP) is 4.88. The average molecular weight is 345 g/mol. The van der Waals surface area contributed by atoms with Crippen molar-refractivity contribution in [1.29, 1.82) is 0 Å². The molecule has 1 aromatic heterocycles. The van der Waals surface area contributed by atoms with E-state index in [1.54, 1.807) is 36.7 Å². The van der Waals surface area contributed by atoms with Gasteiger partial charge in [-0.25, -0.2) is 14.6 Å². The molecule has 7 heteroatoms. The average Bonchev–Trinajstić information content (AvgIpc) is 3.01. The summed E-state index contributed by atoms with van der Waals surface area (Å²) in [5.74, 6) is 0.593. The monoisotopic (exact) mass is 344 g/mol. The summed E-state index contributed by atoms with van der Waals surface area (Å²) in [7, 11) is 0. The van der Waals surface area contributed by atoms with Gasteiger partial charge in [0.05, 0.1) is 0 Å². The Bertz CT molecular complexity index is 769. The van der Waals surface area contributed by atoms with Gasteiger partial charge < -0.3 is 0 Å². The SMILES string of the molecule is Clc1ccc(C=Nc2nonc2N=Cc2ccc(Cl)cc2)cc1. The summed E-state index contributed by atoms with van der Waals surface area (Å²) < 4.78 is 4.69. The molecule has 0 saturated heterocycles. The van der Waals surface area contributed by atoms with Gasteiger partial charge >= 0.3 is 0 Å². The van der Waals surface area contributed by atoms with Crippen molar-refractivity contribution in [3.8, 4) is 0 Å². The fourth-order valence-electron chi connectivity index (χ4n) is 1.71. The fraction of sp³-hybridized carbons (Fsp3) is 0. The zero-order valence-electron chi connectivity index (χ0n) is 11.7. The number of halogens is 2. The molecule has 0 atom stereocenters. The molecule has 0 spiro atoms. The second-order valence-electron chi connectivity index (χ2n) is 4.53. The van der Waals surface area contributed by atoms with Crippen LogP contribution in [0.2, 0.25) is 10.0 Å². The number of aromatic nitrogens is 2. The van der Waals surface area contributed by atoms with Crippen LogP contribution in [-0.4, -0.2) is 22.7 Å². The van der Waals surface area contributed by atoms with E-state index in [-0.39, 0.29) is 0 Å². The van der Waals surface area contributed by atoms with Crippen LogP contribution < -0.4 is 0 Å². The molecular weight excluding hydrogens is 335 g/mol. The smallest absolute Gasteiger partial charge is 0.240 e. The lowest BCUT2D eigenvalue weighted by molar-refractivity contribution is 0.309. The van der Waals surface area contributed by atoms with Crippen LogP contribution in [-0.2, 0) is 0 Å². The molecule has 0 saturated carbocycles. The summed E-state index contributed by atoms with van der Waals surface area (Å²) in [6.07, 6.45) is 3.27. The Morgan fingerprint density at radius 1 is 0.696 bits per heavy atom. The molecule has 114 valence electrons. The number of rotatable bonds is 4. The normalized spacial score (nSPS) is 11.6. The topological polar surface area (TPSA) is 63.6 Å². The molecule has 1 heterocycles. The van der Waals surface area contributed by atoms with Gasteiger partial charge in [-0.15, -0.1) is 0 Å². The third-order valence-electron chi connectivity index (χ3n) is 2.87. The van der Waals surface area contributed by atoms with Crippen LogP contribution in [0.25, 0.3) is 0 Å². The third kappa shape index (κ3) is 4.25. The van der Waals surface area contributed by atoms with E-state index < -0.39 is 0 Å². The predicted molar refractivity (Wildman–Crippen MR) is 91.7 cm³/mol. The largest absolute Gasteiger partial charge is 0.243 e. The lowest BCUT2D eigenvalue weighted by Crippen LogP contribution is -1.80. The standard InChI is InChI=1S/C16H10Cl2N4O/c17-13-5-1-11(2-6-13)9-19-15-16(22-23-21-15)20-10-12-3-7-14(18)8-4-12/h1-10H. The Kier molecular flexibility index (Phi) is 4.80. The molecule has 2 aromatic carbocycles. The van der Waals surface area contributed by atoms with E-state index in [9.17, 15) is 0 Å². The van der Waals surface area contributed by atoms with Crippen molar-refractivity contribution < 1.29 is 4.63 Å². The maximum Gasteiger partial charge on any atom is 0.243 e. The van der Waals surface area contributed by atoms with Crippen molar-refractivity contribution in [2.75, 3.05) is 0 Å². The highest BCUT2D eigenvalue weighted by Crippen LogP contribution is 2.22. The van der Waals surface area contributed by atoms with Crippen LogP contribution in [0.3, 0.4) is 0 Å². The van der Waals surface area contributed by atoms with Crippen LogP contribution >= 0.6 is 23.2 Å². The molecule has 0 aliphatic carbocycles. The van der Waals surface area contributed by atoms with E-state index in [2.05, 4.69) is 20.3 Å². The van der Waals surface area contributed by atoms with Gasteiger partial charge in [-0.2, -0.15) is 0 Å². The summed E-state index contributed by atoms with van der Waals surface area (Å²) in [6, 6.07) is 14.5. The zero-order chi connectivity index (χ0) is 16.1. The van der Waals surface area contributed by atoms with Gasteiger partial charge in [0.15, 0.2) is 0 Å². The first-order chi connectivity index (χ1) is 11.2. The van der Waals surface area contributed by atoms with Gasteiger partial charge in [0, 0.05) is 22.5 Å². The first kappa shape index (κ1) is 15.4. The molecule has 0 radical (unpaired) electrons. The van der Waals surface area contributed by atoms with Gasteiger partial charge in [-0.3, -0.25) is 0 Å². The molecule has 3 aromatic rings. The van der Waals surface area contributed by atoms with E-state index in [4.69, 9.17) is 27.8 Å². The van der Waals surface area contributed by atoms with E-state index in [1.165, 1.54) is 0 Å². The Labute approximate surface area is 142 Å². The number of aliphatic imine (C=N–C) groups is 2. The third-order valence-corrected chi connectivity index (χ3v) is 3.37. The minimum atomic E-state index is 0.296. The van der Waals surface area contributed by atoms with Crippen molar-refractivity contribution in [2.24, 2.45) is 9.98 Å². The van der Waals surface area contributed by atoms with Crippen molar-refractivity contribution in [1.82, 2.24) is 10.3 Å². The first-order valence-corrected chi connectivity index (χ1v) is 7.38. The highest BCUT2D eigenvalue weighted by Gasteiger charge is 2.06. The summed E-state index contributed by atoms with van der Waals surface area (Å²) in [5, 5.41) is 8.79. The van der Waals surface area contributed by atoms with E-state index in [1.807, 2.05) is 24.3 Å². The lowest BCUT2D eigenvalue weighted by Gasteiger charge is -1.93. The molecule has 0 unspecified atom stereocenters. The summed E-state index contributed by atoms with van der Waals surface area (Å²) in [4.78, 5) is 8.44. The Balaban J connectivity index is 1.76. The van der Waals surface area contributed by atoms with Gasteiger partial charge in [-0.1, -0.05) is 47.5 Å². The molecule has 23 heavy (non-hydrogen) atoms. The van der Waals surface area contributed by atoms with Crippen molar-refractivity contribution in [3.05, 3.63) is 69.7 Å². The molecule has 0 aliphatic heterocycles. The first-order valence-electron chi connectivity index (χ1n) is 6.62. The van der Waals surface area contributed by atoms with Gasteiger partial charge in [-0.05, 0) is 45.7 Å². The highest BCUT2D eigenvalue weighted by molar-refractivity contribution is 6.30. The fourth-order valence-corrected chi connectivity index (χ4v) is 1.96. The van der Waals surface area contributed by atoms with Crippen molar-refractivity contribution in [3.63, 3.8) is 0 Å². The Hall–Kier alpha value is -2.50. The molecule has 0 bridgehead atoms. The second-order valence-corrected chi connectivity index (χ2v) is 5.40. The molecule has 0 aliphatic rings. The second kappa shape index (κ2) is 7.17. The highest BCUT2D eigenvalue weighted by atomic mass is 35.5. The van der Waals surface area contributed by atoms with Gasteiger partial charge in [0.25, 0.3) is 0 Å². The zero-order valence-corrected chi connectivity index (χ0v) is 13.2. The van der Waals surface area contributed by atoms with Crippen molar-refractivity contribution >= 4 is 47.3 Å². The Morgan fingerprint density at radius 3 is 1.48 bits per heavy atom. The minimum absolute atomic E-state index is 0.296. The molecular formula is C16H10Cl2N4O. The Morgan fingerprint density at radius 2 is 1.09 bits per heavy atom.